The van der Waals surface area contributed by atoms with Gasteiger partial charge in [-0.2, -0.15) is 12.6 Å². The number of amides is 2. The molecular formula is C11H11NO2S. The molecule has 1 fully saturated rings. The fraction of sp³-hybridized carbons (Fsp3) is 0.273. The fourth-order valence-corrected chi connectivity index (χ4v) is 1.89. The summed E-state index contributed by atoms with van der Waals surface area (Å²) in [5.74, 6) is -0.323. The van der Waals surface area contributed by atoms with E-state index < -0.39 is 5.25 Å². The Morgan fingerprint density at radius 3 is 2.47 bits per heavy atom. The Morgan fingerprint density at radius 1 is 1.27 bits per heavy atom. The molecule has 4 heteroatoms. The second-order valence-electron chi connectivity index (χ2n) is 3.52. The highest BCUT2D eigenvalue weighted by Crippen LogP contribution is 2.19. The molecule has 0 aromatic heterocycles. The standard InChI is InChI=1S/C11H11NO2S/c13-10-6-9(15)11(14)12(10)7-8-4-2-1-3-5-8/h1-5,9,15H,6-7H2. The lowest BCUT2D eigenvalue weighted by Gasteiger charge is -2.13. The smallest absolute Gasteiger partial charge is 0.242 e. The second kappa shape index (κ2) is 4.06. The molecule has 1 atom stereocenters. The molecule has 78 valence electrons. The van der Waals surface area contributed by atoms with Gasteiger partial charge < -0.3 is 0 Å². The highest BCUT2D eigenvalue weighted by molar-refractivity contribution is 7.81. The molecule has 0 saturated carbocycles. The molecule has 0 bridgehead atoms. The second-order valence-corrected chi connectivity index (χ2v) is 4.15. The largest absolute Gasteiger partial charge is 0.277 e. The van der Waals surface area contributed by atoms with Crippen molar-refractivity contribution in [3.63, 3.8) is 0 Å². The monoisotopic (exact) mass is 221 g/mol. The van der Waals surface area contributed by atoms with E-state index in [1.54, 1.807) is 0 Å². The van der Waals surface area contributed by atoms with Crippen LogP contribution in [0.4, 0.5) is 0 Å². The number of carbonyl (C=O) groups is 2. The Kier molecular flexibility index (Phi) is 2.77. The minimum Gasteiger partial charge on any atom is -0.277 e. The topological polar surface area (TPSA) is 37.4 Å². The molecule has 1 aromatic rings. The first-order valence-electron chi connectivity index (χ1n) is 4.74. The first kappa shape index (κ1) is 10.2. The van der Waals surface area contributed by atoms with E-state index in [-0.39, 0.29) is 18.2 Å². The minimum atomic E-state index is -0.457. The number of imide groups is 1. The Balaban J connectivity index is 2.13. The van der Waals surface area contributed by atoms with Gasteiger partial charge in [-0.1, -0.05) is 30.3 Å². The van der Waals surface area contributed by atoms with Crippen molar-refractivity contribution in [2.45, 2.75) is 18.2 Å². The molecule has 15 heavy (non-hydrogen) atoms. The van der Waals surface area contributed by atoms with E-state index in [4.69, 9.17) is 0 Å². The van der Waals surface area contributed by atoms with E-state index in [1.165, 1.54) is 4.90 Å². The summed E-state index contributed by atoms with van der Waals surface area (Å²) in [7, 11) is 0. The van der Waals surface area contributed by atoms with E-state index >= 15 is 0 Å². The van der Waals surface area contributed by atoms with Gasteiger partial charge in [0.15, 0.2) is 0 Å². The van der Waals surface area contributed by atoms with Gasteiger partial charge in [0.05, 0.1) is 11.8 Å². The van der Waals surface area contributed by atoms with Crippen molar-refractivity contribution in [3.8, 4) is 0 Å². The molecule has 0 spiro atoms. The molecule has 1 unspecified atom stereocenters. The summed E-state index contributed by atoms with van der Waals surface area (Å²) in [5, 5.41) is -0.457. The summed E-state index contributed by atoms with van der Waals surface area (Å²) in [6, 6.07) is 9.47. The average molecular weight is 221 g/mol. The van der Waals surface area contributed by atoms with E-state index in [0.29, 0.717) is 6.54 Å². The maximum atomic E-state index is 11.5. The van der Waals surface area contributed by atoms with Crippen molar-refractivity contribution in [1.29, 1.82) is 0 Å². The van der Waals surface area contributed by atoms with Gasteiger partial charge >= 0.3 is 0 Å². The van der Waals surface area contributed by atoms with Crippen LogP contribution < -0.4 is 0 Å². The van der Waals surface area contributed by atoms with E-state index in [0.717, 1.165) is 5.56 Å². The molecule has 3 nitrogen and oxygen atoms in total. The Bertz CT molecular complexity index is 391. The first-order chi connectivity index (χ1) is 7.18. The van der Waals surface area contributed by atoms with E-state index in [1.807, 2.05) is 30.3 Å². The molecule has 1 aliphatic heterocycles. The van der Waals surface area contributed by atoms with Gasteiger partial charge in [-0.15, -0.1) is 0 Å². The summed E-state index contributed by atoms with van der Waals surface area (Å²) >= 11 is 4.06. The van der Waals surface area contributed by atoms with Gasteiger partial charge in [-0.3, -0.25) is 14.5 Å². The Morgan fingerprint density at radius 2 is 1.93 bits per heavy atom. The molecular weight excluding hydrogens is 210 g/mol. The van der Waals surface area contributed by atoms with Crippen LogP contribution in [0.5, 0.6) is 0 Å². The third kappa shape index (κ3) is 2.04. The quantitative estimate of drug-likeness (QED) is 0.602. The van der Waals surface area contributed by atoms with Gasteiger partial charge in [-0.05, 0) is 5.56 Å². The number of thiol groups is 1. The maximum absolute atomic E-state index is 11.5. The molecule has 1 aromatic carbocycles. The van der Waals surface area contributed by atoms with Crippen LogP contribution in [-0.2, 0) is 16.1 Å². The Labute approximate surface area is 93.5 Å². The molecule has 0 aliphatic carbocycles. The van der Waals surface area contributed by atoms with Crippen LogP contribution in [0.1, 0.15) is 12.0 Å². The third-order valence-corrected chi connectivity index (χ3v) is 2.81. The van der Waals surface area contributed by atoms with Crippen LogP contribution in [-0.4, -0.2) is 22.0 Å². The number of benzene rings is 1. The summed E-state index contributed by atoms with van der Waals surface area (Å²) in [4.78, 5) is 24.3. The predicted molar refractivity (Wildman–Crippen MR) is 59.4 cm³/mol. The van der Waals surface area contributed by atoms with Crippen LogP contribution in [0.2, 0.25) is 0 Å². The third-order valence-electron chi connectivity index (χ3n) is 2.40. The summed E-state index contributed by atoms with van der Waals surface area (Å²) in [5.41, 5.74) is 0.960. The first-order valence-corrected chi connectivity index (χ1v) is 5.26. The van der Waals surface area contributed by atoms with Gasteiger partial charge in [-0.25, -0.2) is 0 Å². The minimum absolute atomic E-state index is 0.135. The molecule has 1 saturated heterocycles. The number of hydrogen-bond donors (Lipinski definition) is 1. The van der Waals surface area contributed by atoms with Gasteiger partial charge in [0.1, 0.15) is 0 Å². The summed E-state index contributed by atoms with van der Waals surface area (Å²) in [6.45, 7) is 0.357. The van der Waals surface area contributed by atoms with Crippen LogP contribution >= 0.6 is 12.6 Å². The highest BCUT2D eigenvalue weighted by atomic mass is 32.1. The van der Waals surface area contributed by atoms with Gasteiger partial charge in [0.2, 0.25) is 11.8 Å². The molecule has 0 radical (unpaired) electrons. The molecule has 1 heterocycles. The van der Waals surface area contributed by atoms with E-state index in [2.05, 4.69) is 12.6 Å². The average Bonchev–Trinajstić information content (AvgIpc) is 2.47. The maximum Gasteiger partial charge on any atom is 0.242 e. The Hall–Kier alpha value is -1.29. The van der Waals surface area contributed by atoms with E-state index in [9.17, 15) is 9.59 Å². The lowest BCUT2D eigenvalue weighted by atomic mass is 10.2. The van der Waals surface area contributed by atoms with Gasteiger partial charge in [0.25, 0.3) is 0 Å². The summed E-state index contributed by atoms with van der Waals surface area (Å²) < 4.78 is 0. The van der Waals surface area contributed by atoms with Crippen molar-refractivity contribution in [3.05, 3.63) is 35.9 Å². The van der Waals surface area contributed by atoms with Crippen LogP contribution in [0.25, 0.3) is 0 Å². The predicted octanol–water partition coefficient (Wildman–Crippen LogP) is 1.24. The number of likely N-dealkylation sites (tertiary alicyclic amines) is 1. The van der Waals surface area contributed by atoms with Crippen molar-refractivity contribution >= 4 is 24.4 Å². The molecule has 2 amide bonds. The van der Waals surface area contributed by atoms with Crippen LogP contribution in [0.3, 0.4) is 0 Å². The molecule has 2 rings (SSSR count). The zero-order valence-corrected chi connectivity index (χ0v) is 8.98. The fourth-order valence-electron chi connectivity index (χ4n) is 1.60. The lowest BCUT2D eigenvalue weighted by Crippen LogP contribution is -2.30. The van der Waals surface area contributed by atoms with Crippen LogP contribution in [0.15, 0.2) is 30.3 Å². The lowest BCUT2D eigenvalue weighted by molar-refractivity contribution is -0.138. The van der Waals surface area contributed by atoms with Crippen molar-refractivity contribution in [1.82, 2.24) is 4.90 Å². The van der Waals surface area contributed by atoms with Crippen molar-refractivity contribution in [2.24, 2.45) is 0 Å². The normalized spacial score (nSPS) is 21.1. The number of rotatable bonds is 2. The van der Waals surface area contributed by atoms with Gasteiger partial charge in [0, 0.05) is 6.42 Å². The zero-order valence-electron chi connectivity index (χ0n) is 8.09. The number of nitrogens with zero attached hydrogens (tertiary/aromatic N) is 1. The molecule has 0 N–H and O–H groups in total. The zero-order chi connectivity index (χ0) is 10.8. The number of hydrogen-bond acceptors (Lipinski definition) is 3. The number of carbonyl (C=O) groups excluding carboxylic acids is 2. The van der Waals surface area contributed by atoms with Crippen molar-refractivity contribution < 1.29 is 9.59 Å². The highest BCUT2D eigenvalue weighted by Gasteiger charge is 2.35. The summed E-state index contributed by atoms with van der Waals surface area (Å²) in [6.07, 6.45) is 0.217. The molecule has 1 aliphatic rings. The van der Waals surface area contributed by atoms with Crippen molar-refractivity contribution in [2.75, 3.05) is 0 Å². The SMILES string of the molecule is O=C1CC(S)C(=O)N1Cc1ccccc1. The van der Waals surface area contributed by atoms with Crippen LogP contribution in [0, 0.1) is 0 Å².